The Balaban J connectivity index is 2.61. The summed E-state index contributed by atoms with van der Waals surface area (Å²) in [5.74, 6) is -1.70. The van der Waals surface area contributed by atoms with Crippen LogP contribution in [0.3, 0.4) is 0 Å². The van der Waals surface area contributed by atoms with Gasteiger partial charge in [-0.25, -0.2) is 4.79 Å². The van der Waals surface area contributed by atoms with Crippen LogP contribution in [0.25, 0.3) is 0 Å². The van der Waals surface area contributed by atoms with Crippen LogP contribution in [0.2, 0.25) is 0 Å². The minimum atomic E-state index is -0.913. The molecule has 1 heterocycles. The van der Waals surface area contributed by atoms with E-state index in [0.29, 0.717) is 13.0 Å². The lowest BCUT2D eigenvalue weighted by Gasteiger charge is -2.34. The van der Waals surface area contributed by atoms with Gasteiger partial charge in [-0.2, -0.15) is 0 Å². The Kier molecular flexibility index (Phi) is 5.79. The maximum atomic E-state index is 12.1. The molecule has 0 bridgehead atoms. The summed E-state index contributed by atoms with van der Waals surface area (Å²) >= 11 is 0. The summed E-state index contributed by atoms with van der Waals surface area (Å²) in [5.41, 5.74) is 0. The van der Waals surface area contributed by atoms with Gasteiger partial charge in [0.05, 0.1) is 7.11 Å². The highest BCUT2D eigenvalue weighted by atomic mass is 16.5. The van der Waals surface area contributed by atoms with E-state index < -0.39 is 12.0 Å². The van der Waals surface area contributed by atoms with E-state index in [1.54, 1.807) is 6.92 Å². The maximum absolute atomic E-state index is 12.1. The minimum Gasteiger partial charge on any atom is -0.481 e. The van der Waals surface area contributed by atoms with Crippen LogP contribution in [-0.4, -0.2) is 47.5 Å². The summed E-state index contributed by atoms with van der Waals surface area (Å²) in [6.45, 7) is 2.27. The maximum Gasteiger partial charge on any atom is 0.328 e. The molecule has 0 aromatic heterocycles. The van der Waals surface area contributed by atoms with Gasteiger partial charge in [0.2, 0.25) is 5.91 Å². The fourth-order valence-corrected chi connectivity index (χ4v) is 2.40. The SMILES string of the molecule is COC(=O)C1CCCCN1C(=O)CC(C)CC(=O)O. The van der Waals surface area contributed by atoms with Crippen molar-refractivity contribution in [1.82, 2.24) is 4.90 Å². The molecule has 1 fully saturated rings. The highest BCUT2D eigenvalue weighted by Crippen LogP contribution is 2.21. The van der Waals surface area contributed by atoms with Gasteiger partial charge in [-0.05, 0) is 25.2 Å². The molecule has 1 aliphatic rings. The average Bonchev–Trinajstić information content (AvgIpc) is 2.36. The smallest absolute Gasteiger partial charge is 0.328 e. The van der Waals surface area contributed by atoms with Crippen LogP contribution < -0.4 is 0 Å². The number of carboxylic acids is 1. The van der Waals surface area contributed by atoms with Crippen LogP contribution >= 0.6 is 0 Å². The van der Waals surface area contributed by atoms with E-state index in [9.17, 15) is 14.4 Å². The topological polar surface area (TPSA) is 83.9 Å². The van der Waals surface area contributed by atoms with Crippen molar-refractivity contribution in [1.29, 1.82) is 0 Å². The predicted octanol–water partition coefficient (Wildman–Crippen LogP) is 1.04. The Morgan fingerprint density at radius 1 is 1.32 bits per heavy atom. The number of methoxy groups -OCH3 is 1. The lowest BCUT2D eigenvalue weighted by Crippen LogP contribution is -2.48. The Morgan fingerprint density at radius 2 is 2.00 bits per heavy atom. The van der Waals surface area contributed by atoms with Crippen LogP contribution in [0.1, 0.15) is 39.0 Å². The lowest BCUT2D eigenvalue weighted by molar-refractivity contribution is -0.155. The zero-order valence-electron chi connectivity index (χ0n) is 11.4. The second-order valence-corrected chi connectivity index (χ2v) is 5.03. The van der Waals surface area contributed by atoms with Crippen molar-refractivity contribution < 1.29 is 24.2 Å². The van der Waals surface area contributed by atoms with Crippen LogP contribution in [0.15, 0.2) is 0 Å². The average molecular weight is 271 g/mol. The summed E-state index contributed by atoms with van der Waals surface area (Å²) in [6, 6.07) is -0.511. The third-order valence-corrected chi connectivity index (χ3v) is 3.34. The number of ether oxygens (including phenoxy) is 1. The fraction of sp³-hybridized carbons (Fsp3) is 0.769. The first-order valence-electron chi connectivity index (χ1n) is 6.54. The van der Waals surface area contributed by atoms with E-state index in [1.165, 1.54) is 12.0 Å². The molecule has 0 saturated carbocycles. The van der Waals surface area contributed by atoms with Gasteiger partial charge >= 0.3 is 11.9 Å². The summed E-state index contributed by atoms with van der Waals surface area (Å²) in [4.78, 5) is 35.9. The second kappa shape index (κ2) is 7.11. The van der Waals surface area contributed by atoms with Crippen molar-refractivity contribution in [2.75, 3.05) is 13.7 Å². The molecule has 0 aliphatic carbocycles. The van der Waals surface area contributed by atoms with Gasteiger partial charge in [0.1, 0.15) is 6.04 Å². The van der Waals surface area contributed by atoms with Crippen LogP contribution in [0.4, 0.5) is 0 Å². The molecule has 0 aromatic rings. The van der Waals surface area contributed by atoms with E-state index in [-0.39, 0.29) is 30.6 Å². The first-order valence-corrected chi connectivity index (χ1v) is 6.54. The van der Waals surface area contributed by atoms with Gasteiger partial charge in [0, 0.05) is 19.4 Å². The number of carbonyl (C=O) groups is 3. The number of rotatable bonds is 5. The second-order valence-electron chi connectivity index (χ2n) is 5.03. The number of esters is 1. The van der Waals surface area contributed by atoms with Crippen molar-refractivity contribution >= 4 is 17.8 Å². The van der Waals surface area contributed by atoms with E-state index in [4.69, 9.17) is 9.84 Å². The molecule has 6 nitrogen and oxygen atoms in total. The number of nitrogens with zero attached hydrogens (tertiary/aromatic N) is 1. The Hall–Kier alpha value is -1.59. The normalized spacial score (nSPS) is 20.7. The van der Waals surface area contributed by atoms with E-state index >= 15 is 0 Å². The first-order chi connectivity index (χ1) is 8.95. The molecule has 108 valence electrons. The Bertz CT molecular complexity index is 355. The molecule has 2 unspecified atom stereocenters. The standard InChI is InChI=1S/C13H21NO5/c1-9(8-12(16)17)7-11(15)14-6-4-3-5-10(14)13(18)19-2/h9-10H,3-8H2,1-2H3,(H,16,17). The minimum absolute atomic E-state index is 0.0392. The van der Waals surface area contributed by atoms with Crippen molar-refractivity contribution in [2.45, 2.75) is 45.1 Å². The number of carboxylic acid groups (broad SMARTS) is 1. The van der Waals surface area contributed by atoms with Crippen LogP contribution in [0.5, 0.6) is 0 Å². The molecule has 0 aromatic carbocycles. The molecule has 1 amide bonds. The van der Waals surface area contributed by atoms with Crippen LogP contribution in [-0.2, 0) is 19.1 Å². The van der Waals surface area contributed by atoms with Crippen molar-refractivity contribution in [3.8, 4) is 0 Å². The van der Waals surface area contributed by atoms with Crippen molar-refractivity contribution in [3.63, 3.8) is 0 Å². The molecule has 1 aliphatic heterocycles. The molecule has 2 atom stereocenters. The third-order valence-electron chi connectivity index (χ3n) is 3.34. The van der Waals surface area contributed by atoms with Gasteiger partial charge in [-0.1, -0.05) is 6.92 Å². The number of likely N-dealkylation sites (tertiary alicyclic amines) is 1. The van der Waals surface area contributed by atoms with Crippen molar-refractivity contribution in [2.24, 2.45) is 5.92 Å². The summed E-state index contributed by atoms with van der Waals surface area (Å²) in [6.07, 6.45) is 2.49. The van der Waals surface area contributed by atoms with Gasteiger partial charge in [-0.15, -0.1) is 0 Å². The number of piperidine rings is 1. The molecule has 19 heavy (non-hydrogen) atoms. The number of amides is 1. The number of aliphatic carboxylic acids is 1. The Labute approximate surface area is 112 Å². The molecule has 1 rings (SSSR count). The number of hydrogen-bond donors (Lipinski definition) is 1. The molecule has 0 spiro atoms. The highest BCUT2D eigenvalue weighted by molar-refractivity contribution is 5.85. The Morgan fingerprint density at radius 3 is 2.58 bits per heavy atom. The molecule has 6 heteroatoms. The molecule has 0 radical (unpaired) electrons. The lowest BCUT2D eigenvalue weighted by atomic mass is 9.98. The van der Waals surface area contributed by atoms with Crippen molar-refractivity contribution in [3.05, 3.63) is 0 Å². The van der Waals surface area contributed by atoms with Gasteiger partial charge in [0.25, 0.3) is 0 Å². The third kappa shape index (κ3) is 4.54. The number of hydrogen-bond acceptors (Lipinski definition) is 4. The summed E-state index contributed by atoms with van der Waals surface area (Å²) < 4.78 is 4.71. The predicted molar refractivity (Wildman–Crippen MR) is 67.4 cm³/mol. The molecular formula is C13H21NO5. The highest BCUT2D eigenvalue weighted by Gasteiger charge is 2.33. The van der Waals surface area contributed by atoms with E-state index in [1.807, 2.05) is 0 Å². The summed E-state index contributed by atoms with van der Waals surface area (Å²) in [7, 11) is 1.31. The quantitative estimate of drug-likeness (QED) is 0.755. The van der Waals surface area contributed by atoms with Crippen LogP contribution in [0, 0.1) is 5.92 Å². The van der Waals surface area contributed by atoms with Gasteiger partial charge < -0.3 is 14.7 Å². The zero-order chi connectivity index (χ0) is 14.4. The zero-order valence-corrected chi connectivity index (χ0v) is 11.4. The molecule has 1 N–H and O–H groups in total. The van der Waals surface area contributed by atoms with Gasteiger partial charge in [0.15, 0.2) is 0 Å². The largest absolute Gasteiger partial charge is 0.481 e. The monoisotopic (exact) mass is 271 g/mol. The number of carbonyl (C=O) groups excluding carboxylic acids is 2. The fourth-order valence-electron chi connectivity index (χ4n) is 2.40. The van der Waals surface area contributed by atoms with E-state index in [0.717, 1.165) is 12.8 Å². The van der Waals surface area contributed by atoms with Gasteiger partial charge in [-0.3, -0.25) is 9.59 Å². The molecule has 1 saturated heterocycles. The first kappa shape index (κ1) is 15.5. The molecular weight excluding hydrogens is 250 g/mol. The van der Waals surface area contributed by atoms with E-state index in [2.05, 4.69) is 0 Å². The summed E-state index contributed by atoms with van der Waals surface area (Å²) in [5, 5.41) is 8.69.